The highest BCUT2D eigenvalue weighted by Gasteiger charge is 2.14. The van der Waals surface area contributed by atoms with Gasteiger partial charge in [0.25, 0.3) is 5.91 Å². The molecular weight excluding hydrogens is 386 g/mol. The zero-order chi connectivity index (χ0) is 20.7. The van der Waals surface area contributed by atoms with Crippen molar-refractivity contribution in [3.63, 3.8) is 0 Å². The van der Waals surface area contributed by atoms with E-state index in [1.54, 1.807) is 6.92 Å². The molecule has 0 atom stereocenters. The highest BCUT2D eigenvalue weighted by Crippen LogP contribution is 2.14. The minimum absolute atomic E-state index is 0.153. The van der Waals surface area contributed by atoms with Gasteiger partial charge in [-0.25, -0.2) is 13.1 Å². The molecule has 156 valence electrons. The number of piperidine rings is 1. The van der Waals surface area contributed by atoms with E-state index in [9.17, 15) is 13.2 Å². The van der Waals surface area contributed by atoms with Crippen LogP contribution in [0.25, 0.3) is 0 Å². The van der Waals surface area contributed by atoms with Crippen LogP contribution in [0.15, 0.2) is 53.4 Å². The smallest absolute Gasteiger partial charge is 0.251 e. The number of hydrogen-bond donors (Lipinski definition) is 2. The molecule has 0 aliphatic carbocycles. The Balaban J connectivity index is 1.52. The summed E-state index contributed by atoms with van der Waals surface area (Å²) in [4.78, 5) is 15.0. The van der Waals surface area contributed by atoms with Crippen molar-refractivity contribution < 1.29 is 13.2 Å². The molecule has 0 aromatic heterocycles. The van der Waals surface area contributed by atoms with Crippen LogP contribution in [0, 0.1) is 0 Å². The fourth-order valence-electron chi connectivity index (χ4n) is 3.48. The van der Waals surface area contributed by atoms with Crippen molar-refractivity contribution in [1.82, 2.24) is 14.9 Å². The number of nitrogens with zero attached hydrogens (tertiary/aromatic N) is 1. The van der Waals surface area contributed by atoms with E-state index in [0.717, 1.165) is 12.1 Å². The molecule has 1 aliphatic heterocycles. The van der Waals surface area contributed by atoms with Crippen molar-refractivity contribution in [1.29, 1.82) is 0 Å². The summed E-state index contributed by atoms with van der Waals surface area (Å²) in [5.74, 6) is -0.227. The number of benzene rings is 2. The second kappa shape index (κ2) is 10.0. The summed E-state index contributed by atoms with van der Waals surface area (Å²) in [5, 5.41) is 2.89. The van der Waals surface area contributed by atoms with Gasteiger partial charge in [0.15, 0.2) is 0 Å². The number of amides is 1. The van der Waals surface area contributed by atoms with Crippen LogP contribution >= 0.6 is 0 Å². The van der Waals surface area contributed by atoms with Crippen molar-refractivity contribution in [2.45, 2.75) is 44.2 Å². The third-order valence-electron chi connectivity index (χ3n) is 5.09. The molecule has 29 heavy (non-hydrogen) atoms. The lowest BCUT2D eigenvalue weighted by Crippen LogP contribution is -2.29. The van der Waals surface area contributed by atoms with Crippen LogP contribution in [0.2, 0.25) is 0 Å². The normalized spacial score (nSPS) is 15.2. The molecule has 0 saturated carbocycles. The lowest BCUT2D eigenvalue weighted by atomic mass is 10.1. The Morgan fingerprint density at radius 1 is 0.931 bits per heavy atom. The third-order valence-corrected chi connectivity index (χ3v) is 6.65. The predicted molar refractivity (Wildman–Crippen MR) is 114 cm³/mol. The van der Waals surface area contributed by atoms with Crippen molar-refractivity contribution in [2.24, 2.45) is 0 Å². The highest BCUT2D eigenvalue weighted by molar-refractivity contribution is 7.89. The van der Waals surface area contributed by atoms with Crippen molar-refractivity contribution >= 4 is 15.9 Å². The molecule has 6 nitrogen and oxygen atoms in total. The monoisotopic (exact) mass is 415 g/mol. The standard InChI is InChI=1S/C22H29N3O3S/c1-2-24-29(27,28)21-12-10-20(11-13-21)22(26)23-16-18-6-8-19(9-7-18)17-25-14-4-3-5-15-25/h6-13,24H,2-5,14-17H2,1H3,(H,23,26). The summed E-state index contributed by atoms with van der Waals surface area (Å²) in [5.41, 5.74) is 2.76. The molecule has 7 heteroatoms. The quantitative estimate of drug-likeness (QED) is 0.695. The SMILES string of the molecule is CCNS(=O)(=O)c1ccc(C(=O)NCc2ccc(CN3CCCCC3)cc2)cc1. The zero-order valence-corrected chi connectivity index (χ0v) is 17.7. The molecule has 1 heterocycles. The van der Waals surface area contributed by atoms with Gasteiger partial charge in [-0.2, -0.15) is 0 Å². The molecule has 2 aromatic carbocycles. The first kappa shape index (κ1) is 21.5. The Bertz CT molecular complexity index is 903. The summed E-state index contributed by atoms with van der Waals surface area (Å²) in [7, 11) is -3.51. The third kappa shape index (κ3) is 6.13. The Kier molecular flexibility index (Phi) is 7.41. The van der Waals surface area contributed by atoms with Gasteiger partial charge in [-0.15, -0.1) is 0 Å². The molecular formula is C22H29N3O3S. The molecule has 1 amide bonds. The predicted octanol–water partition coefficient (Wildman–Crippen LogP) is 2.90. The summed E-state index contributed by atoms with van der Waals surface area (Å²) in [6.45, 7) is 5.80. The maximum Gasteiger partial charge on any atom is 0.251 e. The fourth-order valence-corrected chi connectivity index (χ4v) is 4.52. The molecule has 1 fully saturated rings. The largest absolute Gasteiger partial charge is 0.348 e. The number of nitrogens with one attached hydrogen (secondary N) is 2. The van der Waals surface area contributed by atoms with Gasteiger partial charge >= 0.3 is 0 Å². The van der Waals surface area contributed by atoms with Crippen LogP contribution in [0.3, 0.4) is 0 Å². The highest BCUT2D eigenvalue weighted by atomic mass is 32.2. The van der Waals surface area contributed by atoms with Crippen LogP contribution in [0.4, 0.5) is 0 Å². The number of rotatable bonds is 8. The van der Waals surface area contributed by atoms with E-state index in [2.05, 4.69) is 27.1 Å². The molecule has 2 aromatic rings. The number of likely N-dealkylation sites (tertiary alicyclic amines) is 1. The topological polar surface area (TPSA) is 78.5 Å². The minimum Gasteiger partial charge on any atom is -0.348 e. The van der Waals surface area contributed by atoms with Crippen molar-refractivity contribution in [3.8, 4) is 0 Å². The van der Waals surface area contributed by atoms with E-state index in [1.807, 2.05) is 12.1 Å². The number of carbonyl (C=O) groups is 1. The minimum atomic E-state index is -3.51. The van der Waals surface area contributed by atoms with Gasteiger partial charge in [0.1, 0.15) is 0 Å². The molecule has 0 bridgehead atoms. The molecule has 2 N–H and O–H groups in total. The second-order valence-electron chi connectivity index (χ2n) is 7.36. The van der Waals surface area contributed by atoms with E-state index < -0.39 is 10.0 Å². The second-order valence-corrected chi connectivity index (χ2v) is 9.13. The first-order chi connectivity index (χ1) is 14.0. The van der Waals surface area contributed by atoms with Crippen molar-refractivity contribution in [3.05, 3.63) is 65.2 Å². The fraction of sp³-hybridized carbons (Fsp3) is 0.409. The lowest BCUT2D eigenvalue weighted by molar-refractivity contribution is 0.0951. The van der Waals surface area contributed by atoms with Crippen LogP contribution in [-0.4, -0.2) is 38.9 Å². The molecule has 0 unspecified atom stereocenters. The van der Waals surface area contributed by atoms with E-state index in [0.29, 0.717) is 18.7 Å². The first-order valence-corrected chi connectivity index (χ1v) is 11.6. The van der Waals surface area contributed by atoms with Crippen molar-refractivity contribution in [2.75, 3.05) is 19.6 Å². The van der Waals surface area contributed by atoms with Crippen LogP contribution in [-0.2, 0) is 23.1 Å². The average Bonchev–Trinajstić information content (AvgIpc) is 2.74. The number of carbonyl (C=O) groups excluding carboxylic acids is 1. The van der Waals surface area contributed by atoms with Gasteiger partial charge in [-0.3, -0.25) is 9.69 Å². The number of hydrogen-bond acceptors (Lipinski definition) is 4. The van der Waals surface area contributed by atoms with Gasteiger partial charge in [-0.1, -0.05) is 37.6 Å². The summed E-state index contributed by atoms with van der Waals surface area (Å²) in [6, 6.07) is 14.3. The Morgan fingerprint density at radius 2 is 1.55 bits per heavy atom. The van der Waals surface area contributed by atoms with Gasteiger partial charge in [0.05, 0.1) is 4.90 Å². The Hall–Kier alpha value is -2.22. The molecule has 0 radical (unpaired) electrons. The summed E-state index contributed by atoms with van der Waals surface area (Å²) < 4.78 is 26.4. The Labute approximate surface area is 173 Å². The summed E-state index contributed by atoms with van der Waals surface area (Å²) in [6.07, 6.45) is 3.90. The van der Waals surface area contributed by atoms with Gasteiger partial charge in [0, 0.05) is 25.2 Å². The molecule has 1 saturated heterocycles. The van der Waals surface area contributed by atoms with Gasteiger partial charge in [0.2, 0.25) is 10.0 Å². The van der Waals surface area contributed by atoms with E-state index in [-0.39, 0.29) is 10.8 Å². The molecule has 3 rings (SSSR count). The zero-order valence-electron chi connectivity index (χ0n) is 16.9. The van der Waals surface area contributed by atoms with E-state index in [4.69, 9.17) is 0 Å². The maximum absolute atomic E-state index is 12.4. The summed E-state index contributed by atoms with van der Waals surface area (Å²) >= 11 is 0. The van der Waals surface area contributed by atoms with Crippen LogP contribution < -0.4 is 10.0 Å². The van der Waals surface area contributed by atoms with Crippen LogP contribution in [0.5, 0.6) is 0 Å². The molecule has 0 spiro atoms. The lowest BCUT2D eigenvalue weighted by Gasteiger charge is -2.26. The first-order valence-electron chi connectivity index (χ1n) is 10.2. The average molecular weight is 416 g/mol. The Morgan fingerprint density at radius 3 is 2.17 bits per heavy atom. The van der Waals surface area contributed by atoms with E-state index in [1.165, 1.54) is 62.2 Å². The van der Waals surface area contributed by atoms with Crippen LogP contribution in [0.1, 0.15) is 47.7 Å². The molecule has 1 aliphatic rings. The van der Waals surface area contributed by atoms with E-state index >= 15 is 0 Å². The number of sulfonamides is 1. The van der Waals surface area contributed by atoms with Gasteiger partial charge in [-0.05, 0) is 61.3 Å². The maximum atomic E-state index is 12.4. The van der Waals surface area contributed by atoms with Gasteiger partial charge < -0.3 is 5.32 Å².